The lowest BCUT2D eigenvalue weighted by molar-refractivity contribution is -0.142. The molecule has 0 aliphatic carbocycles. The van der Waals surface area contributed by atoms with Crippen molar-refractivity contribution < 1.29 is 14.6 Å². The topological polar surface area (TPSA) is 102 Å². The van der Waals surface area contributed by atoms with Crippen molar-refractivity contribution in [1.82, 2.24) is 19.6 Å². The first-order chi connectivity index (χ1) is 8.66. The molecule has 2 N–H and O–H groups in total. The van der Waals surface area contributed by atoms with E-state index in [1.807, 2.05) is 13.0 Å². The fourth-order valence-electron chi connectivity index (χ4n) is 1.47. The van der Waals surface area contributed by atoms with E-state index in [0.29, 0.717) is 18.9 Å². The number of carboxylic acids is 1. The van der Waals surface area contributed by atoms with Crippen molar-refractivity contribution in [2.45, 2.75) is 6.92 Å². The molecule has 0 spiro atoms. The van der Waals surface area contributed by atoms with Crippen molar-refractivity contribution >= 4 is 17.6 Å². The highest BCUT2D eigenvalue weighted by molar-refractivity contribution is 5.67. The van der Waals surface area contributed by atoms with Gasteiger partial charge in [-0.15, -0.1) is 0 Å². The summed E-state index contributed by atoms with van der Waals surface area (Å²) in [4.78, 5) is 18.4. The van der Waals surface area contributed by atoms with Gasteiger partial charge in [0, 0.05) is 18.3 Å². The molecule has 0 saturated heterocycles. The molecule has 8 heteroatoms. The third-order valence-corrected chi connectivity index (χ3v) is 2.16. The van der Waals surface area contributed by atoms with Crippen molar-refractivity contribution in [1.29, 1.82) is 0 Å². The number of aromatic nitrogens is 4. The van der Waals surface area contributed by atoms with Gasteiger partial charge in [0.1, 0.15) is 18.8 Å². The lowest BCUT2D eigenvalue weighted by Crippen LogP contribution is -2.15. The van der Waals surface area contributed by atoms with Gasteiger partial charge >= 0.3 is 5.97 Å². The summed E-state index contributed by atoms with van der Waals surface area (Å²) >= 11 is 0. The highest BCUT2D eigenvalue weighted by Crippen LogP contribution is 2.09. The predicted octanol–water partition coefficient (Wildman–Crippen LogP) is -0.0542. The average Bonchev–Trinajstić information content (AvgIpc) is 2.75. The van der Waals surface area contributed by atoms with Crippen LogP contribution in [0, 0.1) is 6.92 Å². The molecular weight excluding hydrogens is 238 g/mol. The van der Waals surface area contributed by atoms with Crippen LogP contribution in [0.2, 0.25) is 0 Å². The zero-order valence-corrected chi connectivity index (χ0v) is 9.83. The highest BCUT2D eigenvalue weighted by atomic mass is 16.5. The number of hydrogen-bond acceptors (Lipinski definition) is 6. The third kappa shape index (κ3) is 2.92. The SMILES string of the molecule is Cc1cc(NCCOCC(=O)O)n2ncnc2n1. The monoisotopic (exact) mass is 251 g/mol. The Morgan fingerprint density at radius 2 is 2.44 bits per heavy atom. The van der Waals surface area contributed by atoms with Gasteiger partial charge in [0.15, 0.2) is 0 Å². The first-order valence-electron chi connectivity index (χ1n) is 5.37. The van der Waals surface area contributed by atoms with Crippen LogP contribution < -0.4 is 5.32 Å². The number of carbonyl (C=O) groups is 1. The fourth-order valence-corrected chi connectivity index (χ4v) is 1.47. The molecule has 0 saturated carbocycles. The number of fused-ring (bicyclic) bond motifs is 1. The lowest BCUT2D eigenvalue weighted by atomic mass is 10.4. The average molecular weight is 251 g/mol. The largest absolute Gasteiger partial charge is 0.480 e. The number of nitrogens with one attached hydrogen (secondary N) is 1. The normalized spacial score (nSPS) is 10.7. The van der Waals surface area contributed by atoms with Crippen LogP contribution in [0.3, 0.4) is 0 Å². The molecule has 2 aromatic heterocycles. The number of nitrogens with zero attached hydrogens (tertiary/aromatic N) is 4. The molecule has 8 nitrogen and oxygen atoms in total. The molecule has 0 unspecified atom stereocenters. The summed E-state index contributed by atoms with van der Waals surface area (Å²) in [6.45, 7) is 2.34. The van der Waals surface area contributed by atoms with Crippen LogP contribution in [0.15, 0.2) is 12.4 Å². The van der Waals surface area contributed by atoms with Crippen LogP contribution >= 0.6 is 0 Å². The van der Waals surface area contributed by atoms with Gasteiger partial charge in [0.25, 0.3) is 5.78 Å². The quantitative estimate of drug-likeness (QED) is 0.694. The van der Waals surface area contributed by atoms with Crippen LogP contribution in [-0.4, -0.2) is 50.4 Å². The summed E-state index contributed by atoms with van der Waals surface area (Å²) < 4.78 is 6.49. The van der Waals surface area contributed by atoms with Gasteiger partial charge in [0.05, 0.1) is 6.61 Å². The maximum absolute atomic E-state index is 10.2. The van der Waals surface area contributed by atoms with Gasteiger partial charge in [-0.3, -0.25) is 0 Å². The Hall–Kier alpha value is -2.22. The Kier molecular flexibility index (Phi) is 3.68. The van der Waals surface area contributed by atoms with Gasteiger partial charge in [-0.05, 0) is 6.92 Å². The maximum Gasteiger partial charge on any atom is 0.329 e. The number of ether oxygens (including phenoxy) is 1. The van der Waals surface area contributed by atoms with Gasteiger partial charge < -0.3 is 15.2 Å². The number of carboxylic acid groups (broad SMARTS) is 1. The highest BCUT2D eigenvalue weighted by Gasteiger charge is 2.04. The molecule has 2 heterocycles. The smallest absolute Gasteiger partial charge is 0.329 e. The standard InChI is InChI=1S/C10H13N5O3/c1-7-4-8(11-2-3-18-5-9(16)17)15-10(14-7)12-6-13-15/h4,6,11H,2-3,5H2,1H3,(H,16,17). The molecule has 0 aliphatic rings. The Morgan fingerprint density at radius 3 is 3.22 bits per heavy atom. The van der Waals surface area contributed by atoms with Crippen molar-refractivity contribution in [2.75, 3.05) is 25.1 Å². The third-order valence-electron chi connectivity index (χ3n) is 2.16. The first-order valence-corrected chi connectivity index (χ1v) is 5.37. The Labute approximate surface area is 103 Å². The van der Waals surface area contributed by atoms with E-state index in [2.05, 4.69) is 20.4 Å². The minimum absolute atomic E-state index is 0.295. The summed E-state index contributed by atoms with van der Waals surface area (Å²) in [6, 6.07) is 1.83. The Bertz CT molecular complexity index is 553. The maximum atomic E-state index is 10.2. The lowest BCUT2D eigenvalue weighted by Gasteiger charge is -2.08. The second-order valence-corrected chi connectivity index (χ2v) is 3.63. The zero-order chi connectivity index (χ0) is 13.0. The molecule has 2 rings (SSSR count). The van der Waals surface area contributed by atoms with Crippen molar-refractivity contribution in [2.24, 2.45) is 0 Å². The second-order valence-electron chi connectivity index (χ2n) is 3.63. The van der Waals surface area contributed by atoms with Crippen LogP contribution in [0.4, 0.5) is 5.82 Å². The minimum atomic E-state index is -0.978. The van der Waals surface area contributed by atoms with Gasteiger partial charge in [0.2, 0.25) is 0 Å². The van der Waals surface area contributed by atoms with Crippen LogP contribution in [0.5, 0.6) is 0 Å². The van der Waals surface area contributed by atoms with Crippen molar-refractivity contribution in [3.63, 3.8) is 0 Å². The molecule has 2 aromatic rings. The molecule has 96 valence electrons. The van der Waals surface area contributed by atoms with Gasteiger partial charge in [-0.1, -0.05) is 0 Å². The molecule has 18 heavy (non-hydrogen) atoms. The molecule has 0 aliphatic heterocycles. The summed E-state index contributed by atoms with van der Waals surface area (Å²) in [5.74, 6) is 0.284. The van der Waals surface area contributed by atoms with Gasteiger partial charge in [-0.25, -0.2) is 9.78 Å². The molecular formula is C10H13N5O3. The summed E-state index contributed by atoms with van der Waals surface area (Å²) in [5.41, 5.74) is 0.824. The second kappa shape index (κ2) is 5.41. The molecule has 0 radical (unpaired) electrons. The number of hydrogen-bond donors (Lipinski definition) is 2. The summed E-state index contributed by atoms with van der Waals surface area (Å²) in [5, 5.41) is 15.5. The van der Waals surface area contributed by atoms with E-state index in [1.165, 1.54) is 6.33 Å². The van der Waals surface area contributed by atoms with E-state index in [-0.39, 0.29) is 6.61 Å². The fraction of sp³-hybridized carbons (Fsp3) is 0.400. The Morgan fingerprint density at radius 1 is 1.61 bits per heavy atom. The van der Waals surface area contributed by atoms with Crippen molar-refractivity contribution in [3.8, 4) is 0 Å². The van der Waals surface area contributed by atoms with Crippen LogP contribution in [-0.2, 0) is 9.53 Å². The van der Waals surface area contributed by atoms with Crippen LogP contribution in [0.1, 0.15) is 5.69 Å². The van der Waals surface area contributed by atoms with Crippen LogP contribution in [0.25, 0.3) is 5.78 Å². The van der Waals surface area contributed by atoms with E-state index in [9.17, 15) is 4.79 Å². The van der Waals surface area contributed by atoms with E-state index in [4.69, 9.17) is 9.84 Å². The summed E-state index contributed by atoms with van der Waals surface area (Å²) in [7, 11) is 0. The first kappa shape index (κ1) is 12.2. The molecule has 0 bridgehead atoms. The number of aliphatic carboxylic acids is 1. The van der Waals surface area contributed by atoms with E-state index < -0.39 is 5.97 Å². The molecule has 0 amide bonds. The van der Waals surface area contributed by atoms with E-state index >= 15 is 0 Å². The predicted molar refractivity (Wildman–Crippen MR) is 62.5 cm³/mol. The summed E-state index contributed by atoms with van der Waals surface area (Å²) in [6.07, 6.45) is 1.42. The zero-order valence-electron chi connectivity index (χ0n) is 9.83. The molecule has 0 atom stereocenters. The van der Waals surface area contributed by atoms with Crippen molar-refractivity contribution in [3.05, 3.63) is 18.1 Å². The Balaban J connectivity index is 1.94. The minimum Gasteiger partial charge on any atom is -0.480 e. The number of aryl methyl sites for hydroxylation is 1. The molecule has 0 aromatic carbocycles. The molecule has 0 fully saturated rings. The number of anilines is 1. The number of rotatable bonds is 6. The van der Waals surface area contributed by atoms with E-state index in [1.54, 1.807) is 4.52 Å². The van der Waals surface area contributed by atoms with Gasteiger partial charge in [-0.2, -0.15) is 14.6 Å². The van der Waals surface area contributed by atoms with E-state index in [0.717, 1.165) is 11.5 Å².